The van der Waals surface area contributed by atoms with Gasteiger partial charge in [-0.1, -0.05) is 51.1 Å². The van der Waals surface area contributed by atoms with Gasteiger partial charge in [-0.2, -0.15) is 0 Å². The van der Waals surface area contributed by atoms with E-state index in [9.17, 15) is 9.59 Å². The van der Waals surface area contributed by atoms with Gasteiger partial charge >= 0.3 is 5.97 Å². The van der Waals surface area contributed by atoms with Crippen LogP contribution in [0, 0.1) is 0 Å². The minimum Gasteiger partial charge on any atom is -0.454 e. The standard InChI is InChI=1S/C19H30O4Si/c1-18(2,3)22-17(21)15(20)16(14-12-10-9-11-13-14)23-24(7,8)19(4,5)6/h9-13,16H,1-8H3. The third kappa shape index (κ3) is 5.56. The number of carbonyl (C=O) groups excluding carboxylic acids is 2. The second-order valence-electron chi connectivity index (χ2n) is 8.54. The lowest BCUT2D eigenvalue weighted by Gasteiger charge is -2.38. The quantitative estimate of drug-likeness (QED) is 0.440. The molecule has 0 saturated carbocycles. The van der Waals surface area contributed by atoms with Gasteiger partial charge in [0, 0.05) is 0 Å². The number of hydrogen-bond acceptors (Lipinski definition) is 4. The van der Waals surface area contributed by atoms with Crippen molar-refractivity contribution in [1.29, 1.82) is 0 Å². The summed E-state index contributed by atoms with van der Waals surface area (Å²) in [4.78, 5) is 25.0. The molecule has 1 atom stereocenters. The van der Waals surface area contributed by atoms with Crippen molar-refractivity contribution in [2.24, 2.45) is 0 Å². The SMILES string of the molecule is CC(C)(C)OC(=O)C(=O)C(O[Si](C)(C)C(C)(C)C)c1ccccc1. The second kappa shape index (κ2) is 7.19. The topological polar surface area (TPSA) is 52.6 Å². The summed E-state index contributed by atoms with van der Waals surface area (Å²) in [5, 5.41) is -0.0752. The number of esters is 1. The van der Waals surface area contributed by atoms with Gasteiger partial charge in [0.25, 0.3) is 5.78 Å². The first kappa shape index (κ1) is 20.6. The fourth-order valence-electron chi connectivity index (χ4n) is 1.81. The fourth-order valence-corrected chi connectivity index (χ4v) is 2.99. The van der Waals surface area contributed by atoms with Crippen molar-refractivity contribution in [2.75, 3.05) is 0 Å². The van der Waals surface area contributed by atoms with Crippen LogP contribution in [0.2, 0.25) is 18.1 Å². The molecule has 0 N–H and O–H groups in total. The van der Waals surface area contributed by atoms with E-state index in [1.54, 1.807) is 32.9 Å². The van der Waals surface area contributed by atoms with Crippen molar-refractivity contribution in [1.82, 2.24) is 0 Å². The normalized spacial score (nSPS) is 14.2. The molecule has 0 bridgehead atoms. The van der Waals surface area contributed by atoms with Gasteiger partial charge < -0.3 is 9.16 Å². The summed E-state index contributed by atoms with van der Waals surface area (Å²) in [5.74, 6) is -1.50. The van der Waals surface area contributed by atoms with Crippen LogP contribution in [0.15, 0.2) is 30.3 Å². The molecule has 0 heterocycles. The van der Waals surface area contributed by atoms with Crippen LogP contribution >= 0.6 is 0 Å². The molecule has 1 aromatic carbocycles. The maximum atomic E-state index is 12.7. The number of hydrogen-bond donors (Lipinski definition) is 0. The van der Waals surface area contributed by atoms with Crippen molar-refractivity contribution in [2.45, 2.75) is 71.4 Å². The van der Waals surface area contributed by atoms with Gasteiger partial charge in [0.1, 0.15) is 11.7 Å². The van der Waals surface area contributed by atoms with Gasteiger partial charge in [-0.3, -0.25) is 4.79 Å². The average molecular weight is 351 g/mol. The lowest BCUT2D eigenvalue weighted by molar-refractivity contribution is -0.165. The number of carbonyl (C=O) groups is 2. The summed E-state index contributed by atoms with van der Waals surface area (Å²) >= 11 is 0. The molecule has 0 amide bonds. The van der Waals surface area contributed by atoms with Crippen molar-refractivity contribution in [3.63, 3.8) is 0 Å². The Morgan fingerprint density at radius 3 is 1.88 bits per heavy atom. The molecule has 0 aromatic heterocycles. The third-order valence-corrected chi connectivity index (χ3v) is 8.60. The smallest absolute Gasteiger partial charge is 0.378 e. The highest BCUT2D eigenvalue weighted by molar-refractivity contribution is 6.74. The van der Waals surface area contributed by atoms with Crippen LogP contribution in [0.25, 0.3) is 0 Å². The Balaban J connectivity index is 3.17. The van der Waals surface area contributed by atoms with Crippen LogP contribution < -0.4 is 0 Å². The van der Waals surface area contributed by atoms with Crippen molar-refractivity contribution >= 4 is 20.1 Å². The molecular formula is C19H30O4Si. The number of ether oxygens (including phenoxy) is 1. The van der Waals surface area contributed by atoms with Crippen LogP contribution in [0.3, 0.4) is 0 Å². The molecule has 4 nitrogen and oxygen atoms in total. The zero-order chi connectivity index (χ0) is 18.8. The van der Waals surface area contributed by atoms with Gasteiger partial charge in [0.2, 0.25) is 0 Å². The molecule has 24 heavy (non-hydrogen) atoms. The molecule has 134 valence electrons. The van der Waals surface area contributed by atoms with Gasteiger partial charge in [-0.15, -0.1) is 0 Å². The Kier molecular flexibility index (Phi) is 6.17. The Hall–Kier alpha value is -1.46. The maximum Gasteiger partial charge on any atom is 0.378 e. The third-order valence-electron chi connectivity index (χ3n) is 4.16. The summed E-state index contributed by atoms with van der Waals surface area (Å²) in [6.07, 6.45) is -0.929. The zero-order valence-corrected chi connectivity index (χ0v) is 17.1. The summed E-state index contributed by atoms with van der Waals surface area (Å²) < 4.78 is 11.5. The van der Waals surface area contributed by atoms with E-state index in [1.165, 1.54) is 0 Å². The summed E-state index contributed by atoms with van der Waals surface area (Å²) in [5.41, 5.74) is -0.0384. The molecular weight excluding hydrogens is 320 g/mol. The van der Waals surface area contributed by atoms with E-state index in [0.29, 0.717) is 5.56 Å². The van der Waals surface area contributed by atoms with Gasteiger partial charge in [0.05, 0.1) is 0 Å². The number of Topliss-reactive ketones (excluding diaryl/α,β-unsaturated/α-hetero) is 1. The number of ketones is 1. The van der Waals surface area contributed by atoms with Crippen LogP contribution in [-0.2, 0) is 18.8 Å². The van der Waals surface area contributed by atoms with E-state index >= 15 is 0 Å². The Morgan fingerprint density at radius 2 is 1.46 bits per heavy atom. The van der Waals surface area contributed by atoms with E-state index in [0.717, 1.165) is 0 Å². The van der Waals surface area contributed by atoms with E-state index in [1.807, 2.05) is 18.2 Å². The average Bonchev–Trinajstić information content (AvgIpc) is 2.42. The molecule has 0 saturated heterocycles. The Labute approximate surface area is 146 Å². The first-order valence-electron chi connectivity index (χ1n) is 8.24. The van der Waals surface area contributed by atoms with Crippen LogP contribution in [-0.4, -0.2) is 25.7 Å². The minimum atomic E-state index is -2.25. The van der Waals surface area contributed by atoms with Gasteiger partial charge in [0.15, 0.2) is 8.32 Å². The van der Waals surface area contributed by atoms with E-state index in [-0.39, 0.29) is 5.04 Å². The Morgan fingerprint density at radius 1 is 0.958 bits per heavy atom. The molecule has 0 aliphatic rings. The minimum absolute atomic E-state index is 0.0752. The van der Waals surface area contributed by atoms with E-state index in [2.05, 4.69) is 33.9 Å². The van der Waals surface area contributed by atoms with Gasteiger partial charge in [-0.05, 0) is 44.5 Å². The molecule has 0 aliphatic carbocycles. The molecule has 0 spiro atoms. The molecule has 0 fully saturated rings. The molecule has 1 unspecified atom stereocenters. The van der Waals surface area contributed by atoms with E-state index < -0.39 is 31.8 Å². The first-order chi connectivity index (χ1) is 10.7. The van der Waals surface area contributed by atoms with Gasteiger partial charge in [-0.25, -0.2) is 4.79 Å². The van der Waals surface area contributed by atoms with Crippen LogP contribution in [0.1, 0.15) is 53.2 Å². The fraction of sp³-hybridized carbons (Fsp3) is 0.579. The molecule has 1 aromatic rings. The van der Waals surface area contributed by atoms with Crippen molar-refractivity contribution in [3.8, 4) is 0 Å². The second-order valence-corrected chi connectivity index (χ2v) is 13.3. The molecule has 5 heteroatoms. The number of benzene rings is 1. The maximum absolute atomic E-state index is 12.7. The number of rotatable bonds is 5. The van der Waals surface area contributed by atoms with Crippen molar-refractivity contribution < 1.29 is 18.8 Å². The van der Waals surface area contributed by atoms with Crippen molar-refractivity contribution in [3.05, 3.63) is 35.9 Å². The monoisotopic (exact) mass is 350 g/mol. The highest BCUT2D eigenvalue weighted by Crippen LogP contribution is 2.40. The molecule has 0 radical (unpaired) electrons. The molecule has 0 aliphatic heterocycles. The molecule has 1 rings (SSSR count). The summed E-state index contributed by atoms with van der Waals surface area (Å²) in [6, 6.07) is 9.14. The Bertz CT molecular complexity index is 580. The lowest BCUT2D eigenvalue weighted by atomic mass is 10.1. The largest absolute Gasteiger partial charge is 0.454 e. The first-order valence-corrected chi connectivity index (χ1v) is 11.2. The summed E-state index contributed by atoms with van der Waals surface area (Å²) in [6.45, 7) is 15.6. The van der Waals surface area contributed by atoms with Crippen LogP contribution in [0.4, 0.5) is 0 Å². The lowest BCUT2D eigenvalue weighted by Crippen LogP contribution is -2.44. The predicted molar refractivity (Wildman–Crippen MR) is 98.3 cm³/mol. The van der Waals surface area contributed by atoms with E-state index in [4.69, 9.17) is 9.16 Å². The van der Waals surface area contributed by atoms with Crippen LogP contribution in [0.5, 0.6) is 0 Å². The summed E-state index contributed by atoms with van der Waals surface area (Å²) in [7, 11) is -2.25. The zero-order valence-electron chi connectivity index (χ0n) is 16.1. The predicted octanol–water partition coefficient (Wildman–Crippen LogP) is 4.66. The highest BCUT2D eigenvalue weighted by atomic mass is 28.4. The highest BCUT2D eigenvalue weighted by Gasteiger charge is 2.43.